The number of halogens is 5. The standard InChI is InChI=1S/C10H7ClF4NO/c11-7-3-6(1-2-8(7)12)4-9(17)16-5-10(13,14)15/h1-4H,5H2,(H,16,17). The summed E-state index contributed by atoms with van der Waals surface area (Å²) in [6.45, 7) is -1.42. The van der Waals surface area contributed by atoms with Crippen LogP contribution in [0.1, 0.15) is 5.56 Å². The highest BCUT2D eigenvalue weighted by molar-refractivity contribution is 6.30. The van der Waals surface area contributed by atoms with Crippen molar-refractivity contribution in [1.29, 1.82) is 0 Å². The van der Waals surface area contributed by atoms with Gasteiger partial charge in [0.05, 0.1) is 11.4 Å². The van der Waals surface area contributed by atoms with Gasteiger partial charge in [-0.15, -0.1) is 0 Å². The van der Waals surface area contributed by atoms with Gasteiger partial charge in [-0.25, -0.2) is 4.39 Å². The van der Waals surface area contributed by atoms with Crippen LogP contribution >= 0.6 is 11.6 Å². The smallest absolute Gasteiger partial charge is 0.346 e. The minimum atomic E-state index is -4.47. The first-order valence-electron chi connectivity index (χ1n) is 4.42. The molecule has 2 nitrogen and oxygen atoms in total. The van der Waals surface area contributed by atoms with Crippen molar-refractivity contribution < 1.29 is 22.4 Å². The van der Waals surface area contributed by atoms with E-state index in [1.165, 1.54) is 6.07 Å². The van der Waals surface area contributed by atoms with Crippen LogP contribution in [0.2, 0.25) is 5.02 Å². The molecule has 0 heterocycles. The van der Waals surface area contributed by atoms with E-state index in [2.05, 4.69) is 0 Å². The number of amides is 1. The summed E-state index contributed by atoms with van der Waals surface area (Å²) < 4.78 is 48.1. The lowest BCUT2D eigenvalue weighted by Crippen LogP contribution is -2.33. The number of carbonyl (C=O) groups excluding carboxylic acids is 1. The van der Waals surface area contributed by atoms with Gasteiger partial charge in [-0.1, -0.05) is 17.7 Å². The molecular formula is C10H7ClF4NO. The lowest BCUT2D eigenvalue weighted by Gasteiger charge is -2.08. The van der Waals surface area contributed by atoms with Gasteiger partial charge >= 0.3 is 6.18 Å². The molecule has 0 aliphatic rings. The SMILES string of the molecule is O=C([CH]c1ccc(F)c(Cl)c1)NCC(F)(F)F. The van der Waals surface area contributed by atoms with Gasteiger partial charge in [-0.05, 0) is 17.7 Å². The second-order valence-electron chi connectivity index (χ2n) is 3.15. The first-order valence-corrected chi connectivity index (χ1v) is 4.80. The van der Waals surface area contributed by atoms with Crippen LogP contribution in [-0.4, -0.2) is 18.6 Å². The second-order valence-corrected chi connectivity index (χ2v) is 3.56. The topological polar surface area (TPSA) is 29.1 Å². The Morgan fingerprint density at radius 3 is 2.59 bits per heavy atom. The van der Waals surface area contributed by atoms with Crippen molar-refractivity contribution in [3.63, 3.8) is 0 Å². The van der Waals surface area contributed by atoms with Crippen molar-refractivity contribution in [2.75, 3.05) is 6.54 Å². The molecule has 0 aromatic heterocycles. The molecule has 0 saturated carbocycles. The summed E-state index contributed by atoms with van der Waals surface area (Å²) in [5.74, 6) is -1.59. The zero-order valence-electron chi connectivity index (χ0n) is 8.31. The highest BCUT2D eigenvalue weighted by Gasteiger charge is 2.27. The lowest BCUT2D eigenvalue weighted by atomic mass is 10.1. The van der Waals surface area contributed by atoms with Crippen LogP contribution < -0.4 is 5.32 Å². The molecule has 17 heavy (non-hydrogen) atoms. The fourth-order valence-electron chi connectivity index (χ4n) is 0.992. The lowest BCUT2D eigenvalue weighted by molar-refractivity contribution is -0.136. The summed E-state index contributed by atoms with van der Waals surface area (Å²) in [6.07, 6.45) is -3.57. The molecule has 0 bridgehead atoms. The molecule has 0 atom stereocenters. The molecule has 0 saturated heterocycles. The van der Waals surface area contributed by atoms with Crippen molar-refractivity contribution in [1.82, 2.24) is 5.32 Å². The second kappa shape index (κ2) is 5.35. The van der Waals surface area contributed by atoms with Crippen LogP contribution in [0, 0.1) is 12.2 Å². The van der Waals surface area contributed by atoms with Gasteiger partial charge in [0.1, 0.15) is 12.4 Å². The number of benzene rings is 1. The maximum Gasteiger partial charge on any atom is 0.405 e. The van der Waals surface area contributed by atoms with Crippen LogP contribution in [0.25, 0.3) is 0 Å². The molecule has 1 radical (unpaired) electrons. The highest BCUT2D eigenvalue weighted by Crippen LogP contribution is 2.17. The Balaban J connectivity index is 2.54. The zero-order chi connectivity index (χ0) is 13.1. The molecule has 0 aliphatic carbocycles. The summed E-state index contributed by atoms with van der Waals surface area (Å²) in [6, 6.07) is 3.39. The molecule has 0 spiro atoms. The van der Waals surface area contributed by atoms with Crippen LogP contribution in [0.15, 0.2) is 18.2 Å². The maximum absolute atomic E-state index is 12.7. The van der Waals surface area contributed by atoms with Crippen molar-refractivity contribution in [3.8, 4) is 0 Å². The highest BCUT2D eigenvalue weighted by atomic mass is 35.5. The van der Waals surface area contributed by atoms with Gasteiger partial charge in [0.25, 0.3) is 0 Å². The van der Waals surface area contributed by atoms with Crippen molar-refractivity contribution in [2.45, 2.75) is 6.18 Å². The van der Waals surface area contributed by atoms with E-state index in [4.69, 9.17) is 11.6 Å². The first kappa shape index (κ1) is 13.8. The normalized spacial score (nSPS) is 11.4. The molecule has 1 aromatic carbocycles. The van der Waals surface area contributed by atoms with Crippen LogP contribution in [0.4, 0.5) is 17.6 Å². The predicted octanol–water partition coefficient (Wildman–Crippen LogP) is 2.71. The minimum Gasteiger partial charge on any atom is -0.346 e. The maximum atomic E-state index is 12.7. The fraction of sp³-hybridized carbons (Fsp3) is 0.200. The van der Waals surface area contributed by atoms with Gasteiger partial charge < -0.3 is 5.32 Å². The average molecular weight is 269 g/mol. The van der Waals surface area contributed by atoms with E-state index in [1.54, 1.807) is 5.32 Å². The molecule has 0 aliphatic heterocycles. The number of hydrogen-bond donors (Lipinski definition) is 1. The van der Waals surface area contributed by atoms with Crippen molar-refractivity contribution in [2.24, 2.45) is 0 Å². The molecule has 1 N–H and O–H groups in total. The molecule has 0 unspecified atom stereocenters. The molecule has 1 amide bonds. The van der Waals surface area contributed by atoms with Gasteiger partial charge in [0, 0.05) is 0 Å². The summed E-state index contributed by atoms with van der Waals surface area (Å²) in [5, 5.41) is 1.44. The number of hydrogen-bond acceptors (Lipinski definition) is 1. The molecular weight excluding hydrogens is 262 g/mol. The minimum absolute atomic E-state index is 0.206. The van der Waals surface area contributed by atoms with E-state index < -0.39 is 24.4 Å². The number of alkyl halides is 3. The number of rotatable bonds is 3. The third-order valence-electron chi connectivity index (χ3n) is 1.70. The van der Waals surface area contributed by atoms with Gasteiger partial charge in [0.15, 0.2) is 0 Å². The summed E-state index contributed by atoms with van der Waals surface area (Å²) in [5.41, 5.74) is 0.219. The molecule has 93 valence electrons. The van der Waals surface area contributed by atoms with Crippen LogP contribution in [-0.2, 0) is 4.79 Å². The van der Waals surface area contributed by atoms with E-state index in [1.807, 2.05) is 0 Å². The third kappa shape index (κ3) is 5.04. The van der Waals surface area contributed by atoms with Gasteiger partial charge in [-0.3, -0.25) is 4.79 Å². The average Bonchev–Trinajstić information content (AvgIpc) is 2.20. The van der Waals surface area contributed by atoms with Gasteiger partial charge in [-0.2, -0.15) is 13.2 Å². The van der Waals surface area contributed by atoms with E-state index in [0.29, 0.717) is 0 Å². The first-order chi connectivity index (χ1) is 7.78. The Morgan fingerprint density at radius 1 is 1.41 bits per heavy atom. The Bertz CT molecular complexity index is 419. The monoisotopic (exact) mass is 268 g/mol. The molecule has 0 fully saturated rings. The summed E-state index contributed by atoms with van der Waals surface area (Å²) in [4.78, 5) is 11.1. The van der Waals surface area contributed by atoms with E-state index in [9.17, 15) is 22.4 Å². The quantitative estimate of drug-likeness (QED) is 0.839. The molecule has 7 heteroatoms. The van der Waals surface area contributed by atoms with E-state index >= 15 is 0 Å². The Morgan fingerprint density at radius 2 is 2.06 bits per heavy atom. The number of carbonyl (C=O) groups is 1. The molecule has 1 rings (SSSR count). The third-order valence-corrected chi connectivity index (χ3v) is 1.99. The van der Waals surface area contributed by atoms with Crippen molar-refractivity contribution >= 4 is 17.5 Å². The number of nitrogens with one attached hydrogen (secondary N) is 1. The Kier molecular flexibility index (Phi) is 4.34. The van der Waals surface area contributed by atoms with Crippen LogP contribution in [0.5, 0.6) is 0 Å². The fourth-order valence-corrected chi connectivity index (χ4v) is 1.18. The summed E-state index contributed by atoms with van der Waals surface area (Å²) >= 11 is 5.44. The zero-order valence-corrected chi connectivity index (χ0v) is 9.07. The van der Waals surface area contributed by atoms with Crippen LogP contribution in [0.3, 0.4) is 0 Å². The summed E-state index contributed by atoms with van der Waals surface area (Å²) in [7, 11) is 0. The predicted molar refractivity (Wildman–Crippen MR) is 53.9 cm³/mol. The molecule has 1 aromatic rings. The largest absolute Gasteiger partial charge is 0.405 e. The van der Waals surface area contributed by atoms with E-state index in [-0.39, 0.29) is 10.6 Å². The van der Waals surface area contributed by atoms with Crippen molar-refractivity contribution in [3.05, 3.63) is 41.0 Å². The Hall–Kier alpha value is -1.30. The van der Waals surface area contributed by atoms with E-state index in [0.717, 1.165) is 18.6 Å². The van der Waals surface area contributed by atoms with Gasteiger partial charge in [0.2, 0.25) is 5.91 Å². The Labute approximate surface area is 99.6 Å².